The van der Waals surface area contributed by atoms with E-state index in [9.17, 15) is 9.18 Å². The molecule has 1 unspecified atom stereocenters. The number of nitrogens with one attached hydrogen (secondary N) is 3. The van der Waals surface area contributed by atoms with E-state index in [1.165, 1.54) is 26.0 Å². The average molecular weight is 692 g/mol. The Morgan fingerprint density at radius 3 is 2.08 bits per heavy atom. The molecule has 1 aromatic heterocycles. The number of anilines is 4. The van der Waals surface area contributed by atoms with Crippen molar-refractivity contribution >= 4 is 29.4 Å². The minimum Gasteiger partial charge on any atom is -0.494 e. The van der Waals surface area contributed by atoms with Crippen molar-refractivity contribution in [3.8, 4) is 5.75 Å². The topological polar surface area (TPSA) is 150 Å². The van der Waals surface area contributed by atoms with Crippen LogP contribution in [0.5, 0.6) is 5.75 Å². The minimum atomic E-state index is -0.487. The Kier molecular flexibility index (Phi) is 17.5. The van der Waals surface area contributed by atoms with E-state index < -0.39 is 5.82 Å². The molecule has 49 heavy (non-hydrogen) atoms. The molecule has 2 aromatic rings. The van der Waals surface area contributed by atoms with Crippen LogP contribution in [0.1, 0.15) is 57.8 Å². The Morgan fingerprint density at radius 2 is 1.43 bits per heavy atom. The molecule has 0 spiro atoms. The molecular formula is C34H54FN7O7. The highest BCUT2D eigenvalue weighted by Crippen LogP contribution is 2.25. The summed E-state index contributed by atoms with van der Waals surface area (Å²) in [7, 11) is 3.06. The number of ether oxygens (including phenoxy) is 6. The molecule has 1 atom stereocenters. The number of carbonyl (C=O) groups is 1. The number of methoxy groups -OCH3 is 2. The van der Waals surface area contributed by atoms with Crippen LogP contribution in [0.3, 0.4) is 0 Å². The van der Waals surface area contributed by atoms with Gasteiger partial charge in [-0.05, 0) is 37.8 Å². The zero-order valence-electron chi connectivity index (χ0n) is 29.1. The Morgan fingerprint density at radius 1 is 0.796 bits per heavy atom. The first kappa shape index (κ1) is 38.4. The van der Waals surface area contributed by atoms with E-state index in [0.29, 0.717) is 96.6 Å². The average Bonchev–Trinajstić information content (AvgIpc) is 3.43. The van der Waals surface area contributed by atoms with Gasteiger partial charge in [0, 0.05) is 44.0 Å². The lowest BCUT2D eigenvalue weighted by Crippen LogP contribution is -2.40. The molecule has 1 aliphatic carbocycles. The van der Waals surface area contributed by atoms with E-state index in [2.05, 4.69) is 30.9 Å². The quantitative estimate of drug-likeness (QED) is 0.112. The van der Waals surface area contributed by atoms with Crippen molar-refractivity contribution in [1.29, 1.82) is 0 Å². The lowest BCUT2D eigenvalue weighted by Gasteiger charge is -2.25. The normalized spacial score (nSPS) is 16.8. The molecule has 2 heterocycles. The van der Waals surface area contributed by atoms with Crippen molar-refractivity contribution in [3.63, 3.8) is 0 Å². The lowest BCUT2D eigenvalue weighted by molar-refractivity contribution is -0.133. The fourth-order valence-electron chi connectivity index (χ4n) is 5.85. The molecule has 274 valence electrons. The fraction of sp³-hybridized carbons (Fsp3) is 0.706. The van der Waals surface area contributed by atoms with Crippen molar-refractivity contribution in [1.82, 2.24) is 19.9 Å². The van der Waals surface area contributed by atoms with Crippen LogP contribution in [0.15, 0.2) is 18.2 Å². The lowest BCUT2D eigenvalue weighted by atomic mass is 10.1. The number of halogens is 1. The van der Waals surface area contributed by atoms with Gasteiger partial charge in [-0.2, -0.15) is 15.0 Å². The highest BCUT2D eigenvalue weighted by molar-refractivity contribution is 5.77. The van der Waals surface area contributed by atoms with Crippen LogP contribution in [0.2, 0.25) is 0 Å². The van der Waals surface area contributed by atoms with Crippen LogP contribution < -0.4 is 20.7 Å². The zero-order chi connectivity index (χ0) is 34.5. The number of likely N-dealkylation sites (tertiary alicyclic amines) is 1. The first-order valence-corrected chi connectivity index (χ1v) is 17.5. The van der Waals surface area contributed by atoms with E-state index in [0.717, 1.165) is 38.5 Å². The Balaban J connectivity index is 1.21. The summed E-state index contributed by atoms with van der Waals surface area (Å²) in [6, 6.07) is 4.87. The highest BCUT2D eigenvalue weighted by atomic mass is 19.1. The molecule has 0 bridgehead atoms. The third-order valence-corrected chi connectivity index (χ3v) is 8.43. The molecule has 1 amide bonds. The molecular weight excluding hydrogens is 637 g/mol. The molecule has 15 heteroatoms. The standard InChI is InChI=1S/C34H54FN7O7/c1-44-16-17-47-20-21-49-23-22-48-19-18-46-15-13-31(43)42-14-7-10-28(42)25-36-32-39-33(37-26-8-5-3-4-6-9-26)41-34(40-32)38-27-11-12-30(45-2)29(35)24-27/h11-12,24,26,28H,3-10,13-23,25H2,1-2H3,(H3,36,37,38,39,40,41). The summed E-state index contributed by atoms with van der Waals surface area (Å²) in [5, 5.41) is 9.93. The second kappa shape index (κ2) is 22.4. The van der Waals surface area contributed by atoms with Gasteiger partial charge < -0.3 is 49.3 Å². The third-order valence-electron chi connectivity index (χ3n) is 8.43. The van der Waals surface area contributed by atoms with Crippen molar-refractivity contribution in [3.05, 3.63) is 24.0 Å². The second-order valence-electron chi connectivity index (χ2n) is 12.1. The molecule has 1 aliphatic heterocycles. The number of aromatic nitrogens is 3. The number of hydrogen-bond acceptors (Lipinski definition) is 13. The van der Waals surface area contributed by atoms with Crippen LogP contribution in [0.4, 0.5) is 27.9 Å². The summed E-state index contributed by atoms with van der Waals surface area (Å²) in [6.45, 7) is 5.50. The summed E-state index contributed by atoms with van der Waals surface area (Å²) in [5.74, 6) is 0.850. The van der Waals surface area contributed by atoms with Crippen molar-refractivity contribution in [2.75, 3.05) is 103 Å². The molecule has 1 saturated carbocycles. The number of hydrogen-bond donors (Lipinski definition) is 3. The van der Waals surface area contributed by atoms with E-state index in [1.54, 1.807) is 19.2 Å². The maximum Gasteiger partial charge on any atom is 0.233 e. The third kappa shape index (κ3) is 14.2. The van der Waals surface area contributed by atoms with Gasteiger partial charge in [-0.15, -0.1) is 0 Å². The first-order chi connectivity index (χ1) is 24.1. The van der Waals surface area contributed by atoms with Crippen molar-refractivity contribution < 1.29 is 37.6 Å². The van der Waals surface area contributed by atoms with Gasteiger partial charge in [0.2, 0.25) is 23.8 Å². The van der Waals surface area contributed by atoms with Crippen molar-refractivity contribution in [2.24, 2.45) is 0 Å². The summed E-state index contributed by atoms with van der Waals surface area (Å²) in [5.41, 5.74) is 0.488. The number of rotatable bonds is 23. The predicted octanol–water partition coefficient (Wildman–Crippen LogP) is 4.40. The number of amides is 1. The second-order valence-corrected chi connectivity index (χ2v) is 12.1. The highest BCUT2D eigenvalue weighted by Gasteiger charge is 2.28. The summed E-state index contributed by atoms with van der Waals surface area (Å²) < 4.78 is 46.3. The van der Waals surface area contributed by atoms with Gasteiger partial charge in [-0.1, -0.05) is 25.7 Å². The van der Waals surface area contributed by atoms with Gasteiger partial charge in [0.1, 0.15) is 0 Å². The van der Waals surface area contributed by atoms with Crippen molar-refractivity contribution in [2.45, 2.75) is 69.9 Å². The maximum absolute atomic E-state index is 14.4. The van der Waals surface area contributed by atoms with Gasteiger partial charge in [0.25, 0.3) is 0 Å². The monoisotopic (exact) mass is 691 g/mol. The Hall–Kier alpha value is -3.37. The molecule has 2 fully saturated rings. The van der Waals surface area contributed by atoms with E-state index in [4.69, 9.17) is 28.4 Å². The summed E-state index contributed by atoms with van der Waals surface area (Å²) in [6.07, 6.45) is 9.01. The van der Waals surface area contributed by atoms with Crippen LogP contribution in [0, 0.1) is 5.82 Å². The Bertz CT molecular complexity index is 1240. The van der Waals surface area contributed by atoms with Gasteiger partial charge in [-0.25, -0.2) is 4.39 Å². The largest absolute Gasteiger partial charge is 0.494 e. The molecule has 1 aromatic carbocycles. The summed E-state index contributed by atoms with van der Waals surface area (Å²) >= 11 is 0. The van der Waals surface area contributed by atoms with Crippen LogP contribution in [-0.4, -0.2) is 125 Å². The van der Waals surface area contributed by atoms with Crippen LogP contribution in [0.25, 0.3) is 0 Å². The Labute approximate surface area is 289 Å². The minimum absolute atomic E-state index is 0.00309. The first-order valence-electron chi connectivity index (χ1n) is 17.5. The van der Waals surface area contributed by atoms with Gasteiger partial charge >= 0.3 is 0 Å². The molecule has 14 nitrogen and oxygen atoms in total. The SMILES string of the molecule is COCCOCCOCCOCCOCCC(=O)N1CCCC1CNc1nc(Nc2ccc(OC)c(F)c2)nc(NC2CCCCCC2)n1. The fourth-order valence-corrected chi connectivity index (χ4v) is 5.85. The van der Waals surface area contributed by atoms with Gasteiger partial charge in [-0.3, -0.25) is 4.79 Å². The summed E-state index contributed by atoms with van der Waals surface area (Å²) in [4.78, 5) is 28.8. The van der Waals surface area contributed by atoms with E-state index >= 15 is 0 Å². The van der Waals surface area contributed by atoms with Crippen LogP contribution >= 0.6 is 0 Å². The predicted molar refractivity (Wildman–Crippen MR) is 184 cm³/mol. The maximum atomic E-state index is 14.4. The van der Waals surface area contributed by atoms with Gasteiger partial charge in [0.15, 0.2) is 11.6 Å². The number of carbonyl (C=O) groups excluding carboxylic acids is 1. The molecule has 1 saturated heterocycles. The number of nitrogens with zero attached hydrogens (tertiary/aromatic N) is 4. The molecule has 3 N–H and O–H groups in total. The molecule has 0 radical (unpaired) electrons. The zero-order valence-corrected chi connectivity index (χ0v) is 29.1. The molecule has 4 rings (SSSR count). The van der Waals surface area contributed by atoms with Crippen LogP contribution in [-0.2, 0) is 28.5 Å². The smallest absolute Gasteiger partial charge is 0.233 e. The molecule has 2 aliphatic rings. The van der Waals surface area contributed by atoms with E-state index in [1.807, 2.05) is 4.90 Å². The number of benzene rings is 1. The van der Waals surface area contributed by atoms with Gasteiger partial charge in [0.05, 0.1) is 73.0 Å². The van der Waals surface area contributed by atoms with E-state index in [-0.39, 0.29) is 29.7 Å².